The molecule has 1 N–H and O–H groups in total. The van der Waals surface area contributed by atoms with Gasteiger partial charge in [-0.3, -0.25) is 0 Å². The van der Waals surface area contributed by atoms with Crippen molar-refractivity contribution in [2.24, 2.45) is 5.92 Å². The molecule has 1 aliphatic carbocycles. The van der Waals surface area contributed by atoms with Crippen LogP contribution < -0.4 is 0 Å². The molecule has 0 saturated heterocycles. The van der Waals surface area contributed by atoms with Gasteiger partial charge in [0.05, 0.1) is 11.9 Å². The largest absolute Gasteiger partial charge is 0.346 e. The van der Waals surface area contributed by atoms with Gasteiger partial charge in [0.2, 0.25) is 0 Å². The molecule has 3 aromatic heterocycles. The molecule has 21 heavy (non-hydrogen) atoms. The number of hydrogen-bond donors (Lipinski definition) is 1. The first-order chi connectivity index (χ1) is 10.4. The summed E-state index contributed by atoms with van der Waals surface area (Å²) < 4.78 is 1.66. The number of nitriles is 1. The fraction of sp³-hybridized carbons (Fsp3) is 0.200. The summed E-state index contributed by atoms with van der Waals surface area (Å²) in [6.07, 6.45) is 9.33. The number of nitrogens with one attached hydrogen (secondary N) is 1. The van der Waals surface area contributed by atoms with Gasteiger partial charge in [-0.1, -0.05) is 0 Å². The van der Waals surface area contributed by atoms with Gasteiger partial charge in [0.25, 0.3) is 0 Å². The Balaban J connectivity index is 1.89. The maximum Gasteiger partial charge on any atom is 0.141 e. The van der Waals surface area contributed by atoms with Crippen molar-refractivity contribution in [3.63, 3.8) is 0 Å². The Kier molecular flexibility index (Phi) is 2.57. The van der Waals surface area contributed by atoms with Gasteiger partial charge < -0.3 is 4.98 Å². The molecule has 6 heteroatoms. The molecule has 0 amide bonds. The monoisotopic (exact) mass is 276 g/mol. The average Bonchev–Trinajstić information content (AvgIpc) is 3.02. The van der Waals surface area contributed by atoms with Crippen LogP contribution in [0.5, 0.6) is 0 Å². The minimum Gasteiger partial charge on any atom is -0.346 e. The molecule has 0 atom stereocenters. The van der Waals surface area contributed by atoms with Crippen LogP contribution in [0.3, 0.4) is 0 Å². The van der Waals surface area contributed by atoms with Gasteiger partial charge in [0.1, 0.15) is 29.4 Å². The lowest BCUT2D eigenvalue weighted by molar-refractivity contribution is 0.905. The fourth-order valence-corrected chi connectivity index (χ4v) is 2.39. The van der Waals surface area contributed by atoms with E-state index in [1.807, 2.05) is 24.4 Å². The maximum absolute atomic E-state index is 9.40. The molecule has 0 radical (unpaired) electrons. The molecule has 0 unspecified atom stereocenters. The third-order valence-electron chi connectivity index (χ3n) is 3.60. The van der Waals surface area contributed by atoms with E-state index in [1.165, 1.54) is 6.33 Å². The van der Waals surface area contributed by atoms with Gasteiger partial charge in [-0.05, 0) is 37.0 Å². The highest BCUT2D eigenvalue weighted by Gasteiger charge is 2.21. The molecule has 3 aromatic rings. The quantitative estimate of drug-likeness (QED) is 0.745. The highest BCUT2D eigenvalue weighted by Crippen LogP contribution is 2.33. The standard InChI is InChI=1S/C15H12N6/c16-8-11(7-10-1-2-10)21-13(4-6-20-21)14-12-3-5-17-15(12)19-9-18-14/h3-7,9-10H,1-2H2,(H,17,18,19). The van der Waals surface area contributed by atoms with E-state index in [-0.39, 0.29) is 0 Å². The first-order valence-corrected chi connectivity index (χ1v) is 6.81. The van der Waals surface area contributed by atoms with Crippen molar-refractivity contribution in [1.82, 2.24) is 24.7 Å². The summed E-state index contributed by atoms with van der Waals surface area (Å²) >= 11 is 0. The van der Waals surface area contributed by atoms with Crippen LogP contribution in [-0.2, 0) is 0 Å². The van der Waals surface area contributed by atoms with Crippen molar-refractivity contribution in [2.45, 2.75) is 12.8 Å². The van der Waals surface area contributed by atoms with Crippen LogP contribution >= 0.6 is 0 Å². The summed E-state index contributed by atoms with van der Waals surface area (Å²) in [6.45, 7) is 0. The fourth-order valence-electron chi connectivity index (χ4n) is 2.39. The smallest absolute Gasteiger partial charge is 0.141 e. The zero-order valence-electron chi connectivity index (χ0n) is 11.2. The summed E-state index contributed by atoms with van der Waals surface area (Å²) in [7, 11) is 0. The normalized spacial score (nSPS) is 15.3. The predicted octanol–water partition coefficient (Wildman–Crippen LogP) is 2.60. The van der Waals surface area contributed by atoms with E-state index >= 15 is 0 Å². The predicted molar refractivity (Wildman–Crippen MR) is 77.7 cm³/mol. The second kappa shape index (κ2) is 4.56. The molecule has 0 spiro atoms. The van der Waals surface area contributed by atoms with Gasteiger partial charge in [-0.2, -0.15) is 10.4 Å². The third-order valence-corrected chi connectivity index (χ3v) is 3.60. The van der Waals surface area contributed by atoms with Crippen molar-refractivity contribution in [3.05, 3.63) is 36.9 Å². The number of hydrogen-bond acceptors (Lipinski definition) is 4. The molecule has 1 saturated carbocycles. The number of H-pyrrole nitrogens is 1. The van der Waals surface area contributed by atoms with Crippen molar-refractivity contribution in [2.75, 3.05) is 0 Å². The summed E-state index contributed by atoms with van der Waals surface area (Å²) in [5.41, 5.74) is 2.91. The molecular formula is C15H12N6. The number of aromatic amines is 1. The van der Waals surface area contributed by atoms with Gasteiger partial charge >= 0.3 is 0 Å². The average molecular weight is 276 g/mol. The summed E-state index contributed by atoms with van der Waals surface area (Å²) in [5, 5.41) is 14.6. The highest BCUT2D eigenvalue weighted by molar-refractivity contribution is 5.90. The van der Waals surface area contributed by atoms with Gasteiger partial charge in [-0.25, -0.2) is 14.6 Å². The molecular weight excluding hydrogens is 264 g/mol. The first kappa shape index (κ1) is 11.9. The van der Waals surface area contributed by atoms with Crippen LogP contribution in [0, 0.1) is 17.2 Å². The molecule has 6 nitrogen and oxygen atoms in total. The molecule has 0 aromatic carbocycles. The lowest BCUT2D eigenvalue weighted by Gasteiger charge is -2.06. The maximum atomic E-state index is 9.40. The Labute approximate surface area is 120 Å². The molecule has 0 aliphatic heterocycles. The number of allylic oxidation sites excluding steroid dienone is 2. The molecule has 102 valence electrons. The van der Waals surface area contributed by atoms with Gasteiger partial charge in [0.15, 0.2) is 0 Å². The minimum atomic E-state index is 0.509. The van der Waals surface area contributed by atoms with Crippen LogP contribution in [0.2, 0.25) is 0 Å². The van der Waals surface area contributed by atoms with E-state index in [2.05, 4.69) is 26.1 Å². The van der Waals surface area contributed by atoms with Gasteiger partial charge in [-0.15, -0.1) is 0 Å². The number of rotatable bonds is 3. The lowest BCUT2D eigenvalue weighted by Crippen LogP contribution is -2.02. The molecule has 4 rings (SSSR count). The Bertz CT molecular complexity index is 875. The van der Waals surface area contributed by atoms with Crippen LogP contribution in [0.25, 0.3) is 28.1 Å². The van der Waals surface area contributed by atoms with Crippen molar-refractivity contribution in [3.8, 4) is 17.5 Å². The molecule has 1 aliphatic rings. The van der Waals surface area contributed by atoms with Crippen molar-refractivity contribution >= 4 is 16.7 Å². The van der Waals surface area contributed by atoms with Crippen molar-refractivity contribution < 1.29 is 0 Å². The summed E-state index contributed by atoms with van der Waals surface area (Å²) in [6, 6.07) is 6.04. The summed E-state index contributed by atoms with van der Waals surface area (Å²) in [4.78, 5) is 11.6. The van der Waals surface area contributed by atoms with Crippen LogP contribution in [0.1, 0.15) is 12.8 Å². The molecule has 0 bridgehead atoms. The number of aromatic nitrogens is 5. The highest BCUT2D eigenvalue weighted by atomic mass is 15.3. The van der Waals surface area contributed by atoms with Crippen molar-refractivity contribution in [1.29, 1.82) is 5.26 Å². The number of fused-ring (bicyclic) bond motifs is 1. The zero-order valence-corrected chi connectivity index (χ0v) is 11.2. The lowest BCUT2D eigenvalue weighted by atomic mass is 10.2. The summed E-state index contributed by atoms with van der Waals surface area (Å²) in [5.74, 6) is 0.509. The van der Waals surface area contributed by atoms with E-state index in [0.29, 0.717) is 11.6 Å². The topological polar surface area (TPSA) is 83.2 Å². The zero-order chi connectivity index (χ0) is 14.2. The molecule has 3 heterocycles. The van der Waals surface area contributed by atoms with Gasteiger partial charge in [0, 0.05) is 11.6 Å². The second-order valence-electron chi connectivity index (χ2n) is 5.09. The second-order valence-corrected chi connectivity index (χ2v) is 5.09. The first-order valence-electron chi connectivity index (χ1n) is 6.81. The Morgan fingerprint density at radius 2 is 2.29 bits per heavy atom. The van der Waals surface area contributed by atoms with E-state index in [9.17, 15) is 5.26 Å². The van der Waals surface area contributed by atoms with Crippen LogP contribution in [0.4, 0.5) is 0 Å². The van der Waals surface area contributed by atoms with Crippen LogP contribution in [0.15, 0.2) is 36.9 Å². The third kappa shape index (κ3) is 1.99. The molecule has 1 fully saturated rings. The SMILES string of the molecule is N#CC(=CC1CC1)n1nccc1-c1ncnc2[nH]ccc12. The Hall–Kier alpha value is -2.94. The number of nitrogens with zero attached hydrogens (tertiary/aromatic N) is 5. The Morgan fingerprint density at radius 3 is 3.10 bits per heavy atom. The minimum absolute atomic E-state index is 0.509. The van der Waals surface area contributed by atoms with E-state index in [0.717, 1.165) is 35.3 Å². The van der Waals surface area contributed by atoms with Crippen LogP contribution in [-0.4, -0.2) is 24.7 Å². The van der Waals surface area contributed by atoms with E-state index in [1.54, 1.807) is 10.9 Å². The van der Waals surface area contributed by atoms with E-state index in [4.69, 9.17) is 0 Å². The Morgan fingerprint density at radius 1 is 1.38 bits per heavy atom. The van der Waals surface area contributed by atoms with E-state index < -0.39 is 0 Å².